The molecule has 6 nitrogen and oxygen atoms in total. The molecule has 2 aromatic carbocycles. The lowest BCUT2D eigenvalue weighted by molar-refractivity contribution is -0.114. The van der Waals surface area contributed by atoms with Crippen molar-refractivity contribution in [3.05, 3.63) is 58.6 Å². The molecule has 0 N–H and O–H groups in total. The normalized spacial score (nSPS) is 13.4. The highest BCUT2D eigenvalue weighted by Crippen LogP contribution is 2.32. The number of fused-ring (bicyclic) bond motifs is 1. The number of rotatable bonds is 4. The van der Waals surface area contributed by atoms with Gasteiger partial charge < -0.3 is 4.42 Å². The summed E-state index contributed by atoms with van der Waals surface area (Å²) < 4.78 is 6.54. The monoisotopic (exact) mass is 415 g/mol. The second-order valence-electron chi connectivity index (χ2n) is 5.24. The molecule has 1 aliphatic heterocycles. The van der Waals surface area contributed by atoms with Crippen LogP contribution in [0.2, 0.25) is 0 Å². The van der Waals surface area contributed by atoms with Gasteiger partial charge in [0.15, 0.2) is 0 Å². The Morgan fingerprint density at radius 1 is 1.08 bits per heavy atom. The molecule has 1 aromatic heterocycles. The van der Waals surface area contributed by atoms with Crippen molar-refractivity contribution in [2.75, 3.05) is 10.8 Å². The van der Waals surface area contributed by atoms with E-state index in [0.717, 1.165) is 10.0 Å². The molecule has 1 amide bonds. The summed E-state index contributed by atoms with van der Waals surface area (Å²) in [6.07, 6.45) is 0. The molecule has 1 aliphatic rings. The average Bonchev–Trinajstić information content (AvgIpc) is 3.18. The van der Waals surface area contributed by atoms with E-state index in [1.807, 2.05) is 24.3 Å². The largest absolute Gasteiger partial charge is 0.411 e. The van der Waals surface area contributed by atoms with Gasteiger partial charge in [0.05, 0.1) is 17.1 Å². The standard InChI is InChI=1S/C17H10BrN3O3S/c18-11-5-3-4-10(8-11)15-19-20-17(24-15)25-9-21-13-7-2-1-6-12(13)14(22)16(21)23/h1-8H,9H2. The molecule has 3 aromatic rings. The fourth-order valence-electron chi connectivity index (χ4n) is 2.50. The number of anilines is 1. The molecule has 2 heterocycles. The van der Waals surface area contributed by atoms with E-state index in [1.54, 1.807) is 24.3 Å². The van der Waals surface area contributed by atoms with Crippen LogP contribution in [0.4, 0.5) is 5.69 Å². The quantitative estimate of drug-likeness (QED) is 0.476. The van der Waals surface area contributed by atoms with Gasteiger partial charge in [-0.2, -0.15) is 0 Å². The third kappa shape index (κ3) is 2.98. The molecular weight excluding hydrogens is 406 g/mol. The van der Waals surface area contributed by atoms with Crippen molar-refractivity contribution in [3.63, 3.8) is 0 Å². The van der Waals surface area contributed by atoms with Crippen molar-refractivity contribution in [2.45, 2.75) is 5.22 Å². The number of benzene rings is 2. The van der Waals surface area contributed by atoms with Crippen molar-refractivity contribution < 1.29 is 14.0 Å². The predicted molar refractivity (Wildman–Crippen MR) is 96.4 cm³/mol. The molecule has 0 radical (unpaired) electrons. The van der Waals surface area contributed by atoms with Crippen LogP contribution < -0.4 is 4.90 Å². The molecule has 0 atom stereocenters. The van der Waals surface area contributed by atoms with Gasteiger partial charge in [-0.25, -0.2) is 0 Å². The maximum absolute atomic E-state index is 12.1. The second-order valence-corrected chi connectivity index (χ2v) is 7.05. The van der Waals surface area contributed by atoms with Crippen molar-refractivity contribution in [2.24, 2.45) is 0 Å². The number of ketones is 1. The van der Waals surface area contributed by atoms with Gasteiger partial charge in [0.1, 0.15) is 0 Å². The minimum Gasteiger partial charge on any atom is -0.411 e. The summed E-state index contributed by atoms with van der Waals surface area (Å²) in [7, 11) is 0. The van der Waals surface area contributed by atoms with Crippen LogP contribution in [0, 0.1) is 0 Å². The van der Waals surface area contributed by atoms with Crippen molar-refractivity contribution in [1.29, 1.82) is 0 Å². The Bertz CT molecular complexity index is 989. The molecular formula is C17H10BrN3O3S. The average molecular weight is 416 g/mol. The molecule has 0 aliphatic carbocycles. The molecule has 4 rings (SSSR count). The first-order valence-corrected chi connectivity index (χ1v) is 9.09. The lowest BCUT2D eigenvalue weighted by Crippen LogP contribution is -2.29. The lowest BCUT2D eigenvalue weighted by Gasteiger charge is -2.14. The zero-order chi connectivity index (χ0) is 17.4. The molecule has 0 bridgehead atoms. The molecule has 0 unspecified atom stereocenters. The summed E-state index contributed by atoms with van der Waals surface area (Å²) in [6, 6.07) is 14.5. The maximum Gasteiger partial charge on any atom is 0.300 e. The number of carbonyl (C=O) groups is 2. The van der Waals surface area contributed by atoms with Crippen LogP contribution in [0.25, 0.3) is 11.5 Å². The van der Waals surface area contributed by atoms with Gasteiger partial charge >= 0.3 is 0 Å². The highest BCUT2D eigenvalue weighted by molar-refractivity contribution is 9.10. The fraction of sp³-hybridized carbons (Fsp3) is 0.0588. The summed E-state index contributed by atoms with van der Waals surface area (Å²) in [6.45, 7) is 0. The first-order valence-electron chi connectivity index (χ1n) is 7.31. The van der Waals surface area contributed by atoms with Gasteiger partial charge in [-0.3, -0.25) is 14.5 Å². The van der Waals surface area contributed by atoms with E-state index in [2.05, 4.69) is 26.1 Å². The minimum absolute atomic E-state index is 0.224. The SMILES string of the molecule is O=C1C(=O)N(CSc2nnc(-c3cccc(Br)c3)o2)c2ccccc21. The molecule has 0 fully saturated rings. The second kappa shape index (κ2) is 6.45. The number of carbonyl (C=O) groups excluding carboxylic acids is 2. The first kappa shape index (κ1) is 16.0. The van der Waals surface area contributed by atoms with Crippen molar-refractivity contribution >= 4 is 45.1 Å². The van der Waals surface area contributed by atoms with Crippen LogP contribution in [-0.4, -0.2) is 27.8 Å². The van der Waals surface area contributed by atoms with Gasteiger partial charge in [-0.15, -0.1) is 10.2 Å². The van der Waals surface area contributed by atoms with Crippen LogP contribution in [0.15, 0.2) is 62.6 Å². The van der Waals surface area contributed by atoms with Gasteiger partial charge in [-0.05, 0) is 42.1 Å². The van der Waals surface area contributed by atoms with Crippen molar-refractivity contribution in [3.8, 4) is 11.5 Å². The summed E-state index contributed by atoms with van der Waals surface area (Å²) in [4.78, 5) is 25.5. The smallest absolute Gasteiger partial charge is 0.300 e. The summed E-state index contributed by atoms with van der Waals surface area (Å²) >= 11 is 4.61. The third-order valence-electron chi connectivity index (χ3n) is 3.67. The number of hydrogen-bond acceptors (Lipinski definition) is 6. The number of nitrogens with zero attached hydrogens (tertiary/aromatic N) is 3. The zero-order valence-electron chi connectivity index (χ0n) is 12.7. The van der Waals surface area contributed by atoms with E-state index < -0.39 is 11.7 Å². The number of para-hydroxylation sites is 1. The van der Waals surface area contributed by atoms with E-state index in [1.165, 1.54) is 16.7 Å². The molecule has 124 valence electrons. The number of Topliss-reactive ketones (excluding diaryl/α,β-unsaturated/α-hetero) is 1. The van der Waals surface area contributed by atoms with E-state index in [-0.39, 0.29) is 5.88 Å². The van der Waals surface area contributed by atoms with Crippen molar-refractivity contribution in [1.82, 2.24) is 10.2 Å². The van der Waals surface area contributed by atoms with E-state index >= 15 is 0 Å². The minimum atomic E-state index is -0.541. The fourth-order valence-corrected chi connectivity index (χ4v) is 3.63. The topological polar surface area (TPSA) is 76.3 Å². The predicted octanol–water partition coefficient (Wildman–Crippen LogP) is 3.78. The Balaban J connectivity index is 1.51. The Morgan fingerprint density at radius 3 is 2.76 bits per heavy atom. The number of amides is 1. The van der Waals surface area contributed by atoms with Gasteiger partial charge in [0.25, 0.3) is 16.9 Å². The van der Waals surface area contributed by atoms with Crippen LogP contribution in [0.5, 0.6) is 0 Å². The number of aromatic nitrogens is 2. The van der Waals surface area contributed by atoms with Gasteiger partial charge in [-0.1, -0.05) is 34.1 Å². The summed E-state index contributed by atoms with van der Waals surface area (Å²) in [5, 5.41) is 8.35. The van der Waals surface area contributed by atoms with Crippen LogP contribution in [-0.2, 0) is 4.79 Å². The first-order chi connectivity index (χ1) is 12.1. The maximum atomic E-state index is 12.1. The number of halogens is 1. The molecule has 25 heavy (non-hydrogen) atoms. The molecule has 8 heteroatoms. The number of thioether (sulfide) groups is 1. The third-order valence-corrected chi connectivity index (χ3v) is 4.97. The van der Waals surface area contributed by atoms with Crippen LogP contribution in [0.1, 0.15) is 10.4 Å². The molecule has 0 saturated carbocycles. The Labute approximate surface area is 155 Å². The molecule has 0 saturated heterocycles. The zero-order valence-corrected chi connectivity index (χ0v) is 15.1. The number of hydrogen-bond donors (Lipinski definition) is 0. The highest BCUT2D eigenvalue weighted by atomic mass is 79.9. The van der Waals surface area contributed by atoms with E-state index in [9.17, 15) is 9.59 Å². The lowest BCUT2D eigenvalue weighted by atomic mass is 10.1. The highest BCUT2D eigenvalue weighted by Gasteiger charge is 2.35. The van der Waals surface area contributed by atoms with Gasteiger partial charge in [0, 0.05) is 10.0 Å². The van der Waals surface area contributed by atoms with E-state index in [4.69, 9.17) is 4.42 Å². The summed E-state index contributed by atoms with van der Waals surface area (Å²) in [5.74, 6) is -0.410. The van der Waals surface area contributed by atoms with Gasteiger partial charge in [0.2, 0.25) is 5.89 Å². The van der Waals surface area contributed by atoms with Crippen LogP contribution in [0.3, 0.4) is 0 Å². The van der Waals surface area contributed by atoms with E-state index in [0.29, 0.717) is 22.4 Å². The Hall–Kier alpha value is -2.45. The Kier molecular flexibility index (Phi) is 4.14. The Morgan fingerprint density at radius 2 is 1.92 bits per heavy atom. The summed E-state index contributed by atoms with van der Waals surface area (Å²) in [5.41, 5.74) is 1.83. The molecule has 0 spiro atoms. The van der Waals surface area contributed by atoms with Crippen LogP contribution >= 0.6 is 27.7 Å².